The highest BCUT2D eigenvalue weighted by Gasteiger charge is 2.38. The normalized spacial score (nSPS) is 17.8. The molecule has 0 unspecified atom stereocenters. The van der Waals surface area contributed by atoms with Crippen LogP contribution in [0.15, 0.2) is 42.5 Å². The number of nitrogens with two attached hydrogens (primary N) is 1. The molecule has 1 aliphatic carbocycles. The standard InChI is InChI=1S/C23H29NO3/c1-4-5-14-26-19-9-6-16(7-10-19)17-8-11-20-18(15-17)12-13-23(2,3)21(20)27-22(24)25/h6-11,15,21H,4-5,12-14H2,1-3H3,(H2,24,25)/t21-/m0/s1. The summed E-state index contributed by atoms with van der Waals surface area (Å²) < 4.78 is 11.2. The number of aryl methyl sites for hydroxylation is 1. The van der Waals surface area contributed by atoms with Crippen molar-refractivity contribution in [1.82, 2.24) is 0 Å². The topological polar surface area (TPSA) is 61.6 Å². The summed E-state index contributed by atoms with van der Waals surface area (Å²) in [5.74, 6) is 0.904. The molecule has 0 saturated heterocycles. The van der Waals surface area contributed by atoms with Gasteiger partial charge in [-0.3, -0.25) is 0 Å². The molecule has 0 radical (unpaired) electrons. The summed E-state index contributed by atoms with van der Waals surface area (Å²) in [6, 6.07) is 14.6. The van der Waals surface area contributed by atoms with Crippen molar-refractivity contribution in [3.63, 3.8) is 0 Å². The van der Waals surface area contributed by atoms with Gasteiger partial charge in [0.15, 0.2) is 0 Å². The zero-order chi connectivity index (χ0) is 19.4. The van der Waals surface area contributed by atoms with E-state index < -0.39 is 6.09 Å². The van der Waals surface area contributed by atoms with E-state index in [2.05, 4.69) is 51.1 Å². The Morgan fingerprint density at radius 3 is 2.52 bits per heavy atom. The first-order valence-corrected chi connectivity index (χ1v) is 9.73. The van der Waals surface area contributed by atoms with Crippen molar-refractivity contribution in [3.05, 3.63) is 53.6 Å². The number of unbranched alkanes of at least 4 members (excludes halogenated alkanes) is 1. The number of rotatable bonds is 6. The molecule has 2 aromatic rings. The lowest BCUT2D eigenvalue weighted by molar-refractivity contribution is 0.0147. The number of carbonyl (C=O) groups is 1. The van der Waals surface area contributed by atoms with Gasteiger partial charge in [-0.2, -0.15) is 0 Å². The van der Waals surface area contributed by atoms with Gasteiger partial charge in [-0.1, -0.05) is 57.5 Å². The first-order valence-electron chi connectivity index (χ1n) is 9.73. The summed E-state index contributed by atoms with van der Waals surface area (Å²) in [5.41, 5.74) is 9.78. The second-order valence-electron chi connectivity index (χ2n) is 7.95. The average Bonchev–Trinajstić information content (AvgIpc) is 2.64. The van der Waals surface area contributed by atoms with Crippen LogP contribution in [0.2, 0.25) is 0 Å². The maximum absolute atomic E-state index is 11.4. The van der Waals surface area contributed by atoms with E-state index in [0.29, 0.717) is 0 Å². The maximum atomic E-state index is 11.4. The molecule has 0 heterocycles. The minimum Gasteiger partial charge on any atom is -0.494 e. The molecule has 2 N–H and O–H groups in total. The number of benzene rings is 2. The quantitative estimate of drug-likeness (QED) is 0.672. The van der Waals surface area contributed by atoms with Crippen molar-refractivity contribution in [3.8, 4) is 16.9 Å². The minimum absolute atomic E-state index is 0.124. The predicted molar refractivity (Wildman–Crippen MR) is 108 cm³/mol. The molecule has 2 aromatic carbocycles. The third-order valence-corrected chi connectivity index (χ3v) is 5.36. The molecule has 0 aromatic heterocycles. The van der Waals surface area contributed by atoms with Crippen molar-refractivity contribution < 1.29 is 14.3 Å². The highest BCUT2D eigenvalue weighted by Crippen LogP contribution is 2.46. The molecule has 144 valence electrons. The number of hydrogen-bond acceptors (Lipinski definition) is 3. The monoisotopic (exact) mass is 367 g/mol. The predicted octanol–water partition coefficient (Wildman–Crippen LogP) is 5.64. The van der Waals surface area contributed by atoms with Gasteiger partial charge in [0.1, 0.15) is 11.9 Å². The maximum Gasteiger partial charge on any atom is 0.405 e. The number of fused-ring (bicyclic) bond motifs is 1. The Kier molecular flexibility index (Phi) is 5.73. The lowest BCUT2D eigenvalue weighted by Crippen LogP contribution is -2.33. The molecule has 27 heavy (non-hydrogen) atoms. The van der Waals surface area contributed by atoms with E-state index >= 15 is 0 Å². The summed E-state index contributed by atoms with van der Waals surface area (Å²) >= 11 is 0. The first-order chi connectivity index (χ1) is 12.9. The van der Waals surface area contributed by atoms with Gasteiger partial charge in [-0.15, -0.1) is 0 Å². The van der Waals surface area contributed by atoms with Crippen LogP contribution in [-0.2, 0) is 11.2 Å². The smallest absolute Gasteiger partial charge is 0.405 e. The lowest BCUT2D eigenvalue weighted by Gasteiger charge is -2.39. The van der Waals surface area contributed by atoms with Crippen LogP contribution in [0.4, 0.5) is 4.79 Å². The molecule has 3 rings (SSSR count). The number of hydrogen-bond donors (Lipinski definition) is 1. The Balaban J connectivity index is 1.82. The fraction of sp³-hybridized carbons (Fsp3) is 0.435. The zero-order valence-corrected chi connectivity index (χ0v) is 16.5. The molecule has 0 fully saturated rings. The molecule has 4 nitrogen and oxygen atoms in total. The molecular weight excluding hydrogens is 338 g/mol. The molecule has 0 aliphatic heterocycles. The molecule has 1 atom stereocenters. The van der Waals surface area contributed by atoms with Gasteiger partial charge in [0.2, 0.25) is 0 Å². The highest BCUT2D eigenvalue weighted by molar-refractivity contribution is 5.67. The van der Waals surface area contributed by atoms with Crippen LogP contribution >= 0.6 is 0 Å². The number of carbonyl (C=O) groups excluding carboxylic acids is 1. The van der Waals surface area contributed by atoms with E-state index in [1.165, 1.54) is 5.56 Å². The molecule has 4 heteroatoms. The van der Waals surface area contributed by atoms with Crippen molar-refractivity contribution in [2.45, 2.75) is 52.6 Å². The molecule has 0 saturated carbocycles. The van der Waals surface area contributed by atoms with Crippen LogP contribution in [-0.4, -0.2) is 12.7 Å². The van der Waals surface area contributed by atoms with E-state index in [1.54, 1.807) is 0 Å². The minimum atomic E-state index is -0.719. The van der Waals surface area contributed by atoms with Gasteiger partial charge < -0.3 is 15.2 Å². The van der Waals surface area contributed by atoms with E-state index in [0.717, 1.165) is 54.7 Å². The fourth-order valence-electron chi connectivity index (χ4n) is 3.68. The molecule has 0 bridgehead atoms. The Morgan fingerprint density at radius 1 is 1.15 bits per heavy atom. The van der Waals surface area contributed by atoms with Crippen molar-refractivity contribution in [2.75, 3.05) is 6.61 Å². The fourth-order valence-corrected chi connectivity index (χ4v) is 3.68. The molecule has 1 aliphatic rings. The van der Waals surface area contributed by atoms with Gasteiger partial charge in [-0.25, -0.2) is 4.79 Å². The SMILES string of the molecule is CCCCOc1ccc(-c2ccc3c(c2)CCC(C)(C)[C@H]3OC(N)=O)cc1. The summed E-state index contributed by atoms with van der Waals surface area (Å²) in [5, 5.41) is 0. The van der Waals surface area contributed by atoms with Gasteiger partial charge in [0.25, 0.3) is 0 Å². The largest absolute Gasteiger partial charge is 0.494 e. The van der Waals surface area contributed by atoms with Crippen LogP contribution in [0.1, 0.15) is 57.3 Å². The van der Waals surface area contributed by atoms with Crippen molar-refractivity contribution in [2.24, 2.45) is 11.1 Å². The lowest BCUT2D eigenvalue weighted by atomic mass is 9.71. The van der Waals surface area contributed by atoms with E-state index in [4.69, 9.17) is 15.2 Å². The Morgan fingerprint density at radius 2 is 1.85 bits per heavy atom. The molecule has 1 amide bonds. The summed E-state index contributed by atoms with van der Waals surface area (Å²) in [4.78, 5) is 11.4. The summed E-state index contributed by atoms with van der Waals surface area (Å²) in [6.45, 7) is 7.15. The van der Waals surface area contributed by atoms with E-state index in [-0.39, 0.29) is 11.5 Å². The third-order valence-electron chi connectivity index (χ3n) is 5.36. The summed E-state index contributed by atoms with van der Waals surface area (Å²) in [7, 11) is 0. The van der Waals surface area contributed by atoms with Gasteiger partial charge in [-0.05, 0) is 53.6 Å². The van der Waals surface area contributed by atoms with Crippen molar-refractivity contribution >= 4 is 6.09 Å². The van der Waals surface area contributed by atoms with Crippen LogP contribution < -0.4 is 10.5 Å². The Bertz CT molecular complexity index is 796. The second-order valence-corrected chi connectivity index (χ2v) is 7.95. The zero-order valence-electron chi connectivity index (χ0n) is 16.5. The van der Waals surface area contributed by atoms with Gasteiger partial charge in [0.05, 0.1) is 6.61 Å². The third kappa shape index (κ3) is 4.44. The number of primary amides is 1. The Labute approximate surface area is 161 Å². The van der Waals surface area contributed by atoms with Gasteiger partial charge in [0, 0.05) is 5.41 Å². The first kappa shape index (κ1) is 19.3. The second kappa shape index (κ2) is 8.03. The van der Waals surface area contributed by atoms with Crippen LogP contribution in [0.25, 0.3) is 11.1 Å². The van der Waals surface area contributed by atoms with Crippen LogP contribution in [0.3, 0.4) is 0 Å². The number of ether oxygens (including phenoxy) is 2. The van der Waals surface area contributed by atoms with Gasteiger partial charge >= 0.3 is 6.09 Å². The average molecular weight is 367 g/mol. The molecular formula is C23H29NO3. The Hall–Kier alpha value is -2.49. The number of amides is 1. The van der Waals surface area contributed by atoms with Crippen LogP contribution in [0.5, 0.6) is 5.75 Å². The van der Waals surface area contributed by atoms with E-state index in [9.17, 15) is 4.79 Å². The van der Waals surface area contributed by atoms with Crippen LogP contribution in [0, 0.1) is 5.41 Å². The highest BCUT2D eigenvalue weighted by atomic mass is 16.6. The van der Waals surface area contributed by atoms with Crippen molar-refractivity contribution in [1.29, 1.82) is 0 Å². The van der Waals surface area contributed by atoms with E-state index in [1.807, 2.05) is 12.1 Å². The summed E-state index contributed by atoms with van der Waals surface area (Å²) in [6.07, 6.45) is 3.09. The molecule has 0 spiro atoms.